The number of aromatic nitrogens is 3. The van der Waals surface area contributed by atoms with Crippen molar-refractivity contribution >= 4 is 22.4 Å². The highest BCUT2D eigenvalue weighted by Gasteiger charge is 2.40. The minimum absolute atomic E-state index is 0.606. The van der Waals surface area contributed by atoms with Crippen LogP contribution in [0.2, 0.25) is 0 Å². The van der Waals surface area contributed by atoms with Crippen molar-refractivity contribution in [1.29, 1.82) is 0 Å². The minimum atomic E-state index is 0.606. The van der Waals surface area contributed by atoms with Gasteiger partial charge in [0, 0.05) is 48.7 Å². The Hall–Kier alpha value is -1.72. The summed E-state index contributed by atoms with van der Waals surface area (Å²) in [7, 11) is 2.09. The topological polar surface area (TPSA) is 34.0 Å². The molecule has 0 amide bonds. The second-order valence-electron chi connectivity index (χ2n) is 6.54. The van der Waals surface area contributed by atoms with Crippen LogP contribution in [0.1, 0.15) is 17.3 Å². The second kappa shape index (κ2) is 4.64. The predicted octanol–water partition coefficient (Wildman–Crippen LogP) is 3.12. The third kappa shape index (κ3) is 1.79. The summed E-state index contributed by atoms with van der Waals surface area (Å²) in [6, 6.07) is 8.47. The zero-order valence-electron chi connectivity index (χ0n) is 12.6. The maximum Gasteiger partial charge on any atom is 0.175 e. The van der Waals surface area contributed by atoms with Crippen LogP contribution in [0, 0.1) is 5.92 Å². The summed E-state index contributed by atoms with van der Waals surface area (Å²) in [5, 5.41) is 2.47. The van der Waals surface area contributed by atoms with Crippen LogP contribution in [0.5, 0.6) is 0 Å². The molecule has 22 heavy (non-hydrogen) atoms. The Labute approximate surface area is 133 Å². The van der Waals surface area contributed by atoms with Crippen LogP contribution in [0.25, 0.3) is 22.3 Å². The van der Waals surface area contributed by atoms with Gasteiger partial charge in [0.15, 0.2) is 5.82 Å². The molecule has 5 heteroatoms. The van der Waals surface area contributed by atoms with Crippen molar-refractivity contribution in [2.75, 3.05) is 19.6 Å². The number of para-hydroxylation sites is 1. The van der Waals surface area contributed by atoms with Crippen molar-refractivity contribution in [2.45, 2.75) is 12.3 Å². The summed E-state index contributed by atoms with van der Waals surface area (Å²) in [6.07, 6.45) is 3.48. The molecule has 112 valence electrons. The molecule has 5 rings (SSSR count). The number of nitrogens with zero attached hydrogens (tertiary/aromatic N) is 4. The van der Waals surface area contributed by atoms with Crippen molar-refractivity contribution in [2.24, 2.45) is 13.0 Å². The molecular weight excluding hydrogens is 292 g/mol. The van der Waals surface area contributed by atoms with Gasteiger partial charge < -0.3 is 9.47 Å². The normalized spacial score (nSPS) is 27.0. The number of hydrogen-bond donors (Lipinski definition) is 0. The van der Waals surface area contributed by atoms with E-state index in [1.165, 1.54) is 42.0 Å². The Morgan fingerprint density at radius 1 is 1.23 bits per heavy atom. The predicted molar refractivity (Wildman–Crippen MR) is 89.1 cm³/mol. The summed E-state index contributed by atoms with van der Waals surface area (Å²) in [5.74, 6) is 2.30. The van der Waals surface area contributed by atoms with Gasteiger partial charge in [-0.25, -0.2) is 4.98 Å². The summed E-state index contributed by atoms with van der Waals surface area (Å²) >= 11 is 1.60. The summed E-state index contributed by atoms with van der Waals surface area (Å²) in [6.45, 7) is 3.71. The zero-order valence-corrected chi connectivity index (χ0v) is 13.4. The maximum atomic E-state index is 4.91. The third-order valence-electron chi connectivity index (χ3n) is 5.23. The zero-order chi connectivity index (χ0) is 14.7. The molecule has 1 aromatic carbocycles. The van der Waals surface area contributed by atoms with Gasteiger partial charge in [-0.1, -0.05) is 18.2 Å². The molecule has 0 saturated carbocycles. The second-order valence-corrected chi connectivity index (χ2v) is 7.33. The maximum absolute atomic E-state index is 4.91. The Balaban J connectivity index is 1.56. The van der Waals surface area contributed by atoms with Gasteiger partial charge in [0.25, 0.3) is 0 Å². The molecule has 0 aliphatic carbocycles. The van der Waals surface area contributed by atoms with E-state index in [2.05, 4.69) is 51.4 Å². The standard InChI is InChI=1S/C17H18N4S/c1-20-9-14(12-4-2-3-5-15(12)20)16-18-17(22-19-16)13-10-21-7-6-11(13)8-21/h2-5,9,11,13H,6-8,10H2,1H3. The van der Waals surface area contributed by atoms with E-state index in [1.807, 2.05) is 0 Å². The number of hydrogen-bond acceptors (Lipinski definition) is 4. The molecule has 3 unspecified atom stereocenters. The van der Waals surface area contributed by atoms with E-state index < -0.39 is 0 Å². The number of rotatable bonds is 2. The molecule has 0 spiro atoms. The van der Waals surface area contributed by atoms with Crippen LogP contribution in [0.15, 0.2) is 30.5 Å². The highest BCUT2D eigenvalue weighted by Crippen LogP contribution is 2.41. The first-order valence-corrected chi connectivity index (χ1v) is 8.67. The van der Waals surface area contributed by atoms with Crippen molar-refractivity contribution in [1.82, 2.24) is 18.8 Å². The highest BCUT2D eigenvalue weighted by atomic mass is 32.1. The van der Waals surface area contributed by atoms with E-state index in [0.717, 1.165) is 17.3 Å². The van der Waals surface area contributed by atoms with Crippen LogP contribution in [0.3, 0.4) is 0 Å². The fourth-order valence-electron chi connectivity index (χ4n) is 4.08. The first-order valence-electron chi connectivity index (χ1n) is 7.90. The molecule has 3 aromatic rings. The Kier molecular flexibility index (Phi) is 2.69. The molecule has 0 radical (unpaired) electrons. The average molecular weight is 310 g/mol. The fourth-order valence-corrected chi connectivity index (χ4v) is 4.93. The molecule has 2 aliphatic rings. The van der Waals surface area contributed by atoms with Gasteiger partial charge in [-0.3, -0.25) is 0 Å². The molecule has 2 saturated heterocycles. The van der Waals surface area contributed by atoms with Gasteiger partial charge in [0.1, 0.15) is 5.01 Å². The van der Waals surface area contributed by atoms with Gasteiger partial charge in [0.2, 0.25) is 0 Å². The Bertz CT molecular complexity index is 849. The van der Waals surface area contributed by atoms with E-state index in [0.29, 0.717) is 5.92 Å². The molecular formula is C17H18N4S. The van der Waals surface area contributed by atoms with Crippen LogP contribution < -0.4 is 0 Å². The van der Waals surface area contributed by atoms with E-state index in [-0.39, 0.29) is 0 Å². The van der Waals surface area contributed by atoms with Gasteiger partial charge in [-0.2, -0.15) is 4.37 Å². The molecule has 2 fully saturated rings. The van der Waals surface area contributed by atoms with E-state index in [4.69, 9.17) is 4.98 Å². The lowest BCUT2D eigenvalue weighted by atomic mass is 9.93. The van der Waals surface area contributed by atoms with Gasteiger partial charge in [0.05, 0.1) is 0 Å². The summed E-state index contributed by atoms with van der Waals surface area (Å²) < 4.78 is 6.84. The lowest BCUT2D eigenvalue weighted by molar-refractivity contribution is 0.346. The molecule has 0 N–H and O–H groups in total. The smallest absolute Gasteiger partial charge is 0.175 e. The van der Waals surface area contributed by atoms with E-state index in [9.17, 15) is 0 Å². The molecule has 2 bridgehead atoms. The number of piperidine rings is 1. The molecule has 2 aromatic heterocycles. The van der Waals surface area contributed by atoms with E-state index in [1.54, 1.807) is 11.5 Å². The number of fused-ring (bicyclic) bond motifs is 3. The summed E-state index contributed by atoms with van der Waals surface area (Å²) in [5.41, 5.74) is 2.39. The van der Waals surface area contributed by atoms with E-state index >= 15 is 0 Å². The quantitative estimate of drug-likeness (QED) is 0.729. The first-order chi connectivity index (χ1) is 10.8. The third-order valence-corrected chi connectivity index (χ3v) is 6.07. The lowest BCUT2D eigenvalue weighted by Gasteiger charge is -2.19. The van der Waals surface area contributed by atoms with Crippen LogP contribution >= 0.6 is 11.5 Å². The number of benzene rings is 1. The molecule has 3 atom stereocenters. The minimum Gasteiger partial charge on any atom is -0.350 e. The largest absolute Gasteiger partial charge is 0.350 e. The Morgan fingerprint density at radius 3 is 2.95 bits per heavy atom. The van der Waals surface area contributed by atoms with Crippen molar-refractivity contribution < 1.29 is 0 Å². The van der Waals surface area contributed by atoms with Crippen molar-refractivity contribution in [3.05, 3.63) is 35.5 Å². The monoisotopic (exact) mass is 310 g/mol. The van der Waals surface area contributed by atoms with Crippen molar-refractivity contribution in [3.8, 4) is 11.4 Å². The lowest BCUT2D eigenvalue weighted by Crippen LogP contribution is -2.21. The molecule has 4 heterocycles. The Morgan fingerprint density at radius 2 is 2.14 bits per heavy atom. The highest BCUT2D eigenvalue weighted by molar-refractivity contribution is 7.05. The van der Waals surface area contributed by atoms with Crippen LogP contribution in [0.4, 0.5) is 0 Å². The van der Waals surface area contributed by atoms with Crippen LogP contribution in [-0.4, -0.2) is 38.5 Å². The van der Waals surface area contributed by atoms with Gasteiger partial charge >= 0.3 is 0 Å². The summed E-state index contributed by atoms with van der Waals surface area (Å²) in [4.78, 5) is 7.48. The van der Waals surface area contributed by atoms with Gasteiger partial charge in [-0.15, -0.1) is 0 Å². The first kappa shape index (κ1) is 12.8. The van der Waals surface area contributed by atoms with Crippen molar-refractivity contribution in [3.63, 3.8) is 0 Å². The molecule has 2 aliphatic heterocycles. The van der Waals surface area contributed by atoms with Crippen LogP contribution in [-0.2, 0) is 7.05 Å². The average Bonchev–Trinajstić information content (AvgIpc) is 3.30. The van der Waals surface area contributed by atoms with Gasteiger partial charge in [-0.05, 0) is 36.5 Å². The number of aryl methyl sites for hydroxylation is 1. The fraction of sp³-hybridized carbons (Fsp3) is 0.412. The molecule has 4 nitrogen and oxygen atoms in total. The SMILES string of the molecule is Cn1cc(-c2nsc(C3CN4CCC3C4)n2)c2ccccc21.